The van der Waals surface area contributed by atoms with Gasteiger partial charge in [-0.25, -0.2) is 0 Å². The molecule has 1 heterocycles. The lowest BCUT2D eigenvalue weighted by molar-refractivity contribution is 0.0961. The van der Waals surface area contributed by atoms with E-state index in [4.69, 9.17) is 11.6 Å². The fourth-order valence-electron chi connectivity index (χ4n) is 1.54. The highest BCUT2D eigenvalue weighted by molar-refractivity contribution is 9.11. The monoisotopic (exact) mass is 372 g/mol. The Morgan fingerprint density at radius 3 is 2.60 bits per heavy atom. The van der Waals surface area contributed by atoms with E-state index in [0.717, 1.165) is 3.79 Å². The van der Waals surface area contributed by atoms with Gasteiger partial charge >= 0.3 is 0 Å². The third-order valence-corrected chi connectivity index (χ3v) is 4.36. The minimum absolute atomic E-state index is 0.239. The number of amides is 2. The average Bonchev–Trinajstić information content (AvgIpc) is 2.87. The molecule has 0 aliphatic heterocycles. The predicted molar refractivity (Wildman–Crippen MR) is 84.8 cm³/mol. The molecule has 4 nitrogen and oxygen atoms in total. The largest absolute Gasteiger partial charge is 0.355 e. The Balaban J connectivity index is 2.22. The Labute approximate surface area is 133 Å². The fraction of sp³-hybridized carbons (Fsp3) is 0.0769. The van der Waals surface area contributed by atoms with Crippen molar-refractivity contribution in [2.75, 3.05) is 12.4 Å². The molecule has 0 bridgehead atoms. The zero-order chi connectivity index (χ0) is 14.7. The van der Waals surface area contributed by atoms with Crippen LogP contribution in [0.15, 0.2) is 33.4 Å². The number of hydrogen-bond acceptors (Lipinski definition) is 3. The van der Waals surface area contributed by atoms with Crippen LogP contribution in [-0.4, -0.2) is 18.9 Å². The van der Waals surface area contributed by atoms with E-state index in [9.17, 15) is 9.59 Å². The molecule has 2 aromatic rings. The summed E-state index contributed by atoms with van der Waals surface area (Å²) < 4.78 is 0.879. The first kappa shape index (κ1) is 15.0. The molecule has 0 fully saturated rings. The lowest BCUT2D eigenvalue weighted by atomic mass is 10.2. The first-order valence-corrected chi connectivity index (χ1v) is 7.63. The number of carbonyl (C=O) groups excluding carboxylic acids is 2. The van der Waals surface area contributed by atoms with Gasteiger partial charge in [0.1, 0.15) is 0 Å². The molecule has 2 rings (SSSR count). The third-order valence-electron chi connectivity index (χ3n) is 2.53. The smallest absolute Gasteiger partial charge is 0.256 e. The summed E-state index contributed by atoms with van der Waals surface area (Å²) in [5, 5.41) is 7.30. The Bertz CT molecular complexity index is 672. The summed E-state index contributed by atoms with van der Waals surface area (Å²) in [5.74, 6) is -0.540. The number of carbonyl (C=O) groups is 2. The van der Waals surface area contributed by atoms with Crippen LogP contribution >= 0.6 is 38.9 Å². The van der Waals surface area contributed by atoms with Crippen LogP contribution in [0.4, 0.5) is 5.69 Å². The molecule has 1 aromatic heterocycles. The number of anilines is 1. The normalized spacial score (nSPS) is 10.2. The first-order chi connectivity index (χ1) is 9.51. The van der Waals surface area contributed by atoms with E-state index in [1.54, 1.807) is 29.6 Å². The van der Waals surface area contributed by atoms with E-state index in [2.05, 4.69) is 26.6 Å². The highest BCUT2D eigenvalue weighted by atomic mass is 79.9. The third kappa shape index (κ3) is 3.39. The summed E-state index contributed by atoms with van der Waals surface area (Å²) in [5.41, 5.74) is 1.39. The van der Waals surface area contributed by atoms with Crippen molar-refractivity contribution in [1.82, 2.24) is 5.32 Å². The van der Waals surface area contributed by atoms with E-state index >= 15 is 0 Å². The van der Waals surface area contributed by atoms with Crippen LogP contribution in [0.25, 0.3) is 0 Å². The van der Waals surface area contributed by atoms with Crippen LogP contribution in [0.5, 0.6) is 0 Å². The van der Waals surface area contributed by atoms with Gasteiger partial charge in [-0.15, -0.1) is 11.3 Å². The highest BCUT2D eigenvalue weighted by Crippen LogP contribution is 2.23. The molecule has 0 aliphatic carbocycles. The molecule has 0 saturated carbocycles. The van der Waals surface area contributed by atoms with Crippen LogP contribution in [0.2, 0.25) is 5.02 Å². The van der Waals surface area contributed by atoms with E-state index in [-0.39, 0.29) is 11.8 Å². The van der Waals surface area contributed by atoms with Gasteiger partial charge in [0.05, 0.1) is 19.9 Å². The van der Waals surface area contributed by atoms with Crippen molar-refractivity contribution in [2.24, 2.45) is 0 Å². The lowest BCUT2D eigenvalue weighted by Crippen LogP contribution is -2.19. The number of thiophene rings is 1. The van der Waals surface area contributed by atoms with Gasteiger partial charge in [0.25, 0.3) is 11.8 Å². The predicted octanol–water partition coefficient (Wildman–Crippen LogP) is 3.78. The molecule has 7 heteroatoms. The van der Waals surface area contributed by atoms with Gasteiger partial charge in [-0.3, -0.25) is 9.59 Å². The second kappa shape index (κ2) is 6.39. The van der Waals surface area contributed by atoms with Crippen molar-refractivity contribution in [3.63, 3.8) is 0 Å². The summed E-state index contributed by atoms with van der Waals surface area (Å²) in [7, 11) is 1.52. The van der Waals surface area contributed by atoms with Crippen molar-refractivity contribution in [3.05, 3.63) is 49.6 Å². The van der Waals surface area contributed by atoms with Crippen molar-refractivity contribution in [1.29, 1.82) is 0 Å². The Morgan fingerprint density at radius 2 is 2.00 bits per heavy atom. The molecule has 1 aromatic carbocycles. The topological polar surface area (TPSA) is 58.2 Å². The van der Waals surface area contributed by atoms with Gasteiger partial charge in [0.2, 0.25) is 0 Å². The molecule has 104 valence electrons. The Kier molecular flexibility index (Phi) is 4.80. The van der Waals surface area contributed by atoms with Gasteiger partial charge < -0.3 is 10.6 Å². The van der Waals surface area contributed by atoms with E-state index < -0.39 is 0 Å². The zero-order valence-electron chi connectivity index (χ0n) is 10.4. The van der Waals surface area contributed by atoms with Gasteiger partial charge in [0.15, 0.2) is 0 Å². The van der Waals surface area contributed by atoms with Crippen molar-refractivity contribution in [2.45, 2.75) is 0 Å². The summed E-state index contributed by atoms with van der Waals surface area (Å²) in [6.07, 6.45) is 0. The summed E-state index contributed by atoms with van der Waals surface area (Å²) >= 11 is 10.7. The molecule has 0 saturated heterocycles. The van der Waals surface area contributed by atoms with Gasteiger partial charge in [0, 0.05) is 18.1 Å². The van der Waals surface area contributed by atoms with Crippen LogP contribution < -0.4 is 10.6 Å². The summed E-state index contributed by atoms with van der Waals surface area (Å²) in [6.45, 7) is 0. The summed E-state index contributed by atoms with van der Waals surface area (Å²) in [6, 6.07) is 6.50. The van der Waals surface area contributed by atoms with Crippen molar-refractivity contribution >= 4 is 56.4 Å². The van der Waals surface area contributed by atoms with Gasteiger partial charge in [-0.2, -0.15) is 0 Å². The number of benzene rings is 1. The minimum Gasteiger partial charge on any atom is -0.355 e. The fourth-order valence-corrected chi connectivity index (χ4v) is 2.88. The highest BCUT2D eigenvalue weighted by Gasteiger charge is 2.12. The standard InChI is InChI=1S/C13H10BrClN2O2S/c1-16-13(19)9-5-8(2-3-10(9)15)17-12(18)7-4-11(14)20-6-7/h2-6H,1H3,(H,16,19)(H,17,18). The van der Waals surface area contributed by atoms with Crippen molar-refractivity contribution in [3.8, 4) is 0 Å². The Hall–Kier alpha value is -1.37. The summed E-state index contributed by atoms with van der Waals surface area (Å²) in [4.78, 5) is 23.6. The molecule has 20 heavy (non-hydrogen) atoms. The Morgan fingerprint density at radius 1 is 1.25 bits per heavy atom. The van der Waals surface area contributed by atoms with Crippen LogP contribution in [0.3, 0.4) is 0 Å². The quantitative estimate of drug-likeness (QED) is 0.860. The van der Waals surface area contributed by atoms with E-state index in [1.807, 2.05) is 0 Å². The maximum absolute atomic E-state index is 12.0. The van der Waals surface area contributed by atoms with E-state index in [1.165, 1.54) is 18.4 Å². The minimum atomic E-state index is -0.302. The lowest BCUT2D eigenvalue weighted by Gasteiger charge is -2.07. The zero-order valence-corrected chi connectivity index (χ0v) is 13.5. The number of hydrogen-bond donors (Lipinski definition) is 2. The molecule has 0 spiro atoms. The first-order valence-electron chi connectivity index (χ1n) is 5.58. The molecule has 0 atom stereocenters. The SMILES string of the molecule is CNC(=O)c1cc(NC(=O)c2csc(Br)c2)ccc1Cl. The van der Waals surface area contributed by atoms with Crippen molar-refractivity contribution < 1.29 is 9.59 Å². The molecular weight excluding hydrogens is 364 g/mol. The second-order valence-corrected chi connectivity index (χ2v) is 6.57. The van der Waals surface area contributed by atoms with Gasteiger partial charge in [-0.05, 0) is 40.2 Å². The molecule has 2 amide bonds. The number of halogens is 2. The number of nitrogens with one attached hydrogen (secondary N) is 2. The molecule has 0 aliphatic rings. The number of rotatable bonds is 3. The van der Waals surface area contributed by atoms with Crippen LogP contribution in [0.1, 0.15) is 20.7 Å². The van der Waals surface area contributed by atoms with Crippen LogP contribution in [0, 0.1) is 0 Å². The maximum atomic E-state index is 12.0. The van der Waals surface area contributed by atoms with Crippen LogP contribution in [-0.2, 0) is 0 Å². The maximum Gasteiger partial charge on any atom is 0.256 e. The molecule has 2 N–H and O–H groups in total. The average molecular weight is 374 g/mol. The van der Waals surface area contributed by atoms with E-state index in [0.29, 0.717) is 21.8 Å². The molecular formula is C13H10BrClN2O2S. The molecule has 0 radical (unpaired) electrons. The van der Waals surface area contributed by atoms with Gasteiger partial charge in [-0.1, -0.05) is 11.6 Å². The second-order valence-electron chi connectivity index (χ2n) is 3.87. The molecule has 0 unspecified atom stereocenters.